The molecule has 0 aliphatic heterocycles. The van der Waals surface area contributed by atoms with Crippen LogP contribution in [0.1, 0.15) is 6.92 Å². The molecule has 0 saturated carbocycles. The van der Waals surface area contributed by atoms with Crippen LogP contribution >= 0.6 is 0 Å². The summed E-state index contributed by atoms with van der Waals surface area (Å²) in [4.78, 5) is 14.7. The summed E-state index contributed by atoms with van der Waals surface area (Å²) in [6.45, 7) is 1.92. The minimum atomic E-state index is -0.429. The maximum Gasteiger partial charge on any atom is 0.327 e. The molecule has 0 unspecified atom stereocenters. The summed E-state index contributed by atoms with van der Waals surface area (Å²) >= 11 is 0. The van der Waals surface area contributed by atoms with E-state index >= 15 is 0 Å². The number of amidine groups is 1. The molecule has 0 heterocycles. The fourth-order valence-electron chi connectivity index (χ4n) is 0.991. The number of para-hydroxylation sites is 1. The standard InChI is InChI=1S/C11H14N2O3/c1-2-15-10(14)8-13-11(12)16-9-6-4-3-5-7-9/h3-7H,2,8H2,1H3,(H2,12,13). The summed E-state index contributed by atoms with van der Waals surface area (Å²) in [7, 11) is 0. The van der Waals surface area contributed by atoms with Crippen molar-refractivity contribution in [3.63, 3.8) is 0 Å². The monoisotopic (exact) mass is 222 g/mol. The van der Waals surface area contributed by atoms with Crippen LogP contribution in [0.5, 0.6) is 5.75 Å². The molecule has 5 heteroatoms. The second-order valence-electron chi connectivity index (χ2n) is 2.87. The van der Waals surface area contributed by atoms with E-state index in [0.717, 1.165) is 0 Å². The maximum atomic E-state index is 11.0. The Morgan fingerprint density at radius 1 is 1.38 bits per heavy atom. The molecule has 0 aliphatic carbocycles. The van der Waals surface area contributed by atoms with Gasteiger partial charge in [0.15, 0.2) is 0 Å². The zero-order valence-corrected chi connectivity index (χ0v) is 9.05. The molecule has 0 radical (unpaired) electrons. The van der Waals surface area contributed by atoms with Crippen molar-refractivity contribution >= 4 is 12.0 Å². The molecule has 16 heavy (non-hydrogen) atoms. The molecule has 0 atom stereocenters. The number of nitrogens with two attached hydrogens (primary N) is 1. The average Bonchev–Trinajstić information content (AvgIpc) is 2.28. The van der Waals surface area contributed by atoms with Crippen LogP contribution < -0.4 is 10.5 Å². The smallest absolute Gasteiger partial charge is 0.327 e. The molecule has 1 aromatic rings. The highest BCUT2D eigenvalue weighted by Gasteiger charge is 2.01. The van der Waals surface area contributed by atoms with Gasteiger partial charge >= 0.3 is 5.97 Å². The average molecular weight is 222 g/mol. The van der Waals surface area contributed by atoms with E-state index in [9.17, 15) is 4.79 Å². The highest BCUT2D eigenvalue weighted by Crippen LogP contribution is 2.07. The lowest BCUT2D eigenvalue weighted by Crippen LogP contribution is -2.22. The summed E-state index contributed by atoms with van der Waals surface area (Å²) in [5, 5.41) is 0. The van der Waals surface area contributed by atoms with Crippen molar-refractivity contribution in [1.29, 1.82) is 0 Å². The first-order chi connectivity index (χ1) is 7.72. The van der Waals surface area contributed by atoms with E-state index in [-0.39, 0.29) is 12.6 Å². The van der Waals surface area contributed by atoms with Crippen LogP contribution in [0.25, 0.3) is 0 Å². The van der Waals surface area contributed by atoms with Crippen LogP contribution in [0.15, 0.2) is 35.3 Å². The molecule has 2 N–H and O–H groups in total. The van der Waals surface area contributed by atoms with Crippen molar-refractivity contribution < 1.29 is 14.3 Å². The Balaban J connectivity index is 2.43. The quantitative estimate of drug-likeness (QED) is 0.467. The second-order valence-corrected chi connectivity index (χ2v) is 2.87. The lowest BCUT2D eigenvalue weighted by Gasteiger charge is -2.03. The highest BCUT2D eigenvalue weighted by molar-refractivity contribution is 5.79. The van der Waals surface area contributed by atoms with E-state index in [0.29, 0.717) is 12.4 Å². The van der Waals surface area contributed by atoms with Gasteiger partial charge in [-0.1, -0.05) is 18.2 Å². The van der Waals surface area contributed by atoms with Gasteiger partial charge in [0.05, 0.1) is 6.61 Å². The zero-order chi connectivity index (χ0) is 11.8. The Morgan fingerprint density at radius 2 is 2.06 bits per heavy atom. The Bertz CT molecular complexity index is 363. The van der Waals surface area contributed by atoms with E-state index < -0.39 is 5.97 Å². The Morgan fingerprint density at radius 3 is 2.69 bits per heavy atom. The molecule has 0 saturated heterocycles. The van der Waals surface area contributed by atoms with E-state index in [1.165, 1.54) is 0 Å². The number of ether oxygens (including phenoxy) is 2. The van der Waals surface area contributed by atoms with Crippen LogP contribution in [0, 0.1) is 0 Å². The molecule has 86 valence electrons. The van der Waals surface area contributed by atoms with Gasteiger partial charge in [-0.05, 0) is 19.1 Å². The molecule has 0 fully saturated rings. The zero-order valence-electron chi connectivity index (χ0n) is 9.05. The summed E-state index contributed by atoms with van der Waals surface area (Å²) < 4.78 is 9.85. The fraction of sp³-hybridized carbons (Fsp3) is 0.273. The fourth-order valence-corrected chi connectivity index (χ4v) is 0.991. The van der Waals surface area contributed by atoms with Crippen LogP contribution in [0.4, 0.5) is 0 Å². The molecule has 5 nitrogen and oxygen atoms in total. The number of hydrogen-bond acceptors (Lipinski definition) is 4. The number of carbonyl (C=O) groups is 1. The SMILES string of the molecule is CCOC(=O)CN=C(N)Oc1ccccc1. The Hall–Kier alpha value is -2.04. The summed E-state index contributed by atoms with van der Waals surface area (Å²) in [5.41, 5.74) is 5.47. The number of carbonyl (C=O) groups excluding carboxylic acids is 1. The van der Waals surface area contributed by atoms with Crippen LogP contribution in [0.3, 0.4) is 0 Å². The number of esters is 1. The molecule has 0 aromatic heterocycles. The third-order valence-corrected chi connectivity index (χ3v) is 1.63. The largest absolute Gasteiger partial charge is 0.465 e. The normalized spacial score (nSPS) is 10.9. The van der Waals surface area contributed by atoms with Gasteiger partial charge in [0.25, 0.3) is 6.02 Å². The lowest BCUT2D eigenvalue weighted by atomic mass is 10.3. The summed E-state index contributed by atoms with van der Waals surface area (Å²) in [6.07, 6.45) is 0. The van der Waals surface area contributed by atoms with Crippen molar-refractivity contribution in [3.8, 4) is 5.75 Å². The number of benzene rings is 1. The van der Waals surface area contributed by atoms with E-state index in [1.807, 2.05) is 18.2 Å². The van der Waals surface area contributed by atoms with Crippen LogP contribution in [-0.4, -0.2) is 25.1 Å². The van der Waals surface area contributed by atoms with Gasteiger partial charge < -0.3 is 15.2 Å². The predicted octanol–water partition coefficient (Wildman–Crippen LogP) is 0.943. The van der Waals surface area contributed by atoms with Crippen molar-refractivity contribution in [1.82, 2.24) is 0 Å². The summed E-state index contributed by atoms with van der Waals surface area (Å²) in [6, 6.07) is 8.92. The first-order valence-electron chi connectivity index (χ1n) is 4.91. The highest BCUT2D eigenvalue weighted by atomic mass is 16.5. The minimum Gasteiger partial charge on any atom is -0.465 e. The van der Waals surface area contributed by atoms with Crippen molar-refractivity contribution in [3.05, 3.63) is 30.3 Å². The molecule has 0 spiro atoms. The van der Waals surface area contributed by atoms with Crippen LogP contribution in [0.2, 0.25) is 0 Å². The number of aliphatic imine (C=N–C) groups is 1. The van der Waals surface area contributed by atoms with Gasteiger partial charge in [0.2, 0.25) is 0 Å². The van der Waals surface area contributed by atoms with Gasteiger partial charge in [-0.25, -0.2) is 4.99 Å². The third-order valence-electron chi connectivity index (χ3n) is 1.63. The molecule has 1 aromatic carbocycles. The molecule has 0 amide bonds. The topological polar surface area (TPSA) is 73.9 Å². The number of nitrogens with zero attached hydrogens (tertiary/aromatic N) is 1. The first kappa shape index (κ1) is 12.0. The van der Waals surface area contributed by atoms with Crippen molar-refractivity contribution in [2.24, 2.45) is 10.7 Å². The van der Waals surface area contributed by atoms with E-state index in [4.69, 9.17) is 10.5 Å². The first-order valence-corrected chi connectivity index (χ1v) is 4.91. The van der Waals surface area contributed by atoms with Crippen molar-refractivity contribution in [2.45, 2.75) is 6.92 Å². The lowest BCUT2D eigenvalue weighted by molar-refractivity contribution is -0.141. The predicted molar refractivity (Wildman–Crippen MR) is 60.2 cm³/mol. The van der Waals surface area contributed by atoms with Crippen LogP contribution in [-0.2, 0) is 9.53 Å². The van der Waals surface area contributed by atoms with E-state index in [1.54, 1.807) is 19.1 Å². The molecule has 0 bridgehead atoms. The Labute approximate surface area is 93.9 Å². The number of hydrogen-bond donors (Lipinski definition) is 1. The summed E-state index contributed by atoms with van der Waals surface area (Å²) in [5.74, 6) is 0.148. The van der Waals surface area contributed by atoms with Gasteiger partial charge in [-0.3, -0.25) is 4.79 Å². The van der Waals surface area contributed by atoms with Gasteiger partial charge in [0, 0.05) is 0 Å². The molecule has 0 aliphatic rings. The number of rotatable bonds is 4. The van der Waals surface area contributed by atoms with Gasteiger partial charge in [-0.2, -0.15) is 0 Å². The van der Waals surface area contributed by atoms with Gasteiger partial charge in [0.1, 0.15) is 12.3 Å². The maximum absolute atomic E-state index is 11.0. The van der Waals surface area contributed by atoms with E-state index in [2.05, 4.69) is 9.73 Å². The third kappa shape index (κ3) is 4.45. The molecule has 1 rings (SSSR count). The van der Waals surface area contributed by atoms with Gasteiger partial charge in [-0.15, -0.1) is 0 Å². The minimum absolute atomic E-state index is 0.0562. The van der Waals surface area contributed by atoms with Crippen molar-refractivity contribution in [2.75, 3.05) is 13.2 Å². The second kappa shape index (κ2) is 6.44. The Kier molecular flexibility index (Phi) is 4.85. The molecular formula is C11H14N2O3. The molecular weight excluding hydrogens is 208 g/mol.